The number of likely N-dealkylation sites (tertiary alicyclic amines) is 1. The van der Waals surface area contributed by atoms with Crippen LogP contribution in [0, 0.1) is 29.1 Å². The number of nitrogens with zero attached hydrogens (tertiary/aromatic N) is 1. The number of fused-ring (bicyclic) bond motifs is 2. The minimum atomic E-state index is -1.48. The number of likely N-dealkylation sites (N-methyl/N-ethyl adjacent to an activating group) is 1. The predicted octanol–water partition coefficient (Wildman–Crippen LogP) is 2.22. The Balaban J connectivity index is 1.38. The van der Waals surface area contributed by atoms with Gasteiger partial charge in [-0.25, -0.2) is 4.79 Å². The van der Waals surface area contributed by atoms with Gasteiger partial charge < -0.3 is 34.5 Å². The zero-order valence-corrected chi connectivity index (χ0v) is 25.2. The summed E-state index contributed by atoms with van der Waals surface area (Å²) in [4.78, 5) is 28.3. The fraction of sp³-hybridized carbons (Fsp3) is 0.750. The highest BCUT2D eigenvalue weighted by atomic mass is 16.6. The van der Waals surface area contributed by atoms with Crippen molar-refractivity contribution in [3.05, 3.63) is 29.8 Å². The third-order valence-corrected chi connectivity index (χ3v) is 12.6. The van der Waals surface area contributed by atoms with E-state index in [-0.39, 0.29) is 47.8 Å². The zero-order valence-electron chi connectivity index (χ0n) is 25.2. The molecule has 10 nitrogen and oxygen atoms in total. The summed E-state index contributed by atoms with van der Waals surface area (Å²) in [6, 6.07) is 6.89. The van der Waals surface area contributed by atoms with Gasteiger partial charge >= 0.3 is 5.97 Å². The zero-order chi connectivity index (χ0) is 29.8. The SMILES string of the molecule is CCN1C[C@]2(OC(=O)c3ccccc3NC(C)=O)CCC(OC)[C@@]34C5C[C@@H]6C(OC)C[C@](O)([C@@H](CC23)[C@@H]14)C5(O)[C@H]6OC. The first-order valence-electron chi connectivity index (χ1n) is 15.4. The fourth-order valence-electron chi connectivity index (χ4n) is 11.6. The molecule has 1 aromatic rings. The summed E-state index contributed by atoms with van der Waals surface area (Å²) in [5.41, 5.74) is -3.57. The van der Waals surface area contributed by atoms with Gasteiger partial charge in [-0.1, -0.05) is 19.1 Å². The Hall–Kier alpha value is -2.08. The lowest BCUT2D eigenvalue weighted by Crippen LogP contribution is -2.83. The van der Waals surface area contributed by atoms with E-state index in [4.69, 9.17) is 18.9 Å². The molecule has 1 amide bonds. The number of benzene rings is 1. The molecule has 6 fully saturated rings. The van der Waals surface area contributed by atoms with Crippen LogP contribution in [0.2, 0.25) is 0 Å². The maximum atomic E-state index is 14.0. The molecular weight excluding hydrogens is 540 g/mol. The summed E-state index contributed by atoms with van der Waals surface area (Å²) in [5.74, 6) is -1.54. The lowest BCUT2D eigenvalue weighted by Gasteiger charge is -2.70. The Morgan fingerprint density at radius 2 is 1.83 bits per heavy atom. The summed E-state index contributed by atoms with van der Waals surface area (Å²) in [6.45, 7) is 4.79. The Labute approximate surface area is 247 Å². The van der Waals surface area contributed by atoms with Crippen molar-refractivity contribution in [2.45, 2.75) is 87.1 Å². The summed E-state index contributed by atoms with van der Waals surface area (Å²) in [6.07, 6.45) is 1.91. The third kappa shape index (κ3) is 3.21. The molecule has 42 heavy (non-hydrogen) atoms. The van der Waals surface area contributed by atoms with Gasteiger partial charge in [0.2, 0.25) is 5.91 Å². The minimum absolute atomic E-state index is 0.0432. The number of methoxy groups -OCH3 is 3. The first-order chi connectivity index (χ1) is 20.1. The van der Waals surface area contributed by atoms with Crippen molar-refractivity contribution in [1.82, 2.24) is 4.90 Å². The van der Waals surface area contributed by atoms with Crippen LogP contribution in [-0.2, 0) is 23.7 Å². The highest BCUT2D eigenvalue weighted by molar-refractivity contribution is 6.00. The number of hydrogen-bond acceptors (Lipinski definition) is 9. The first-order valence-corrected chi connectivity index (χ1v) is 15.4. The largest absolute Gasteiger partial charge is 0.454 e. The average molecular weight is 585 g/mol. The quantitative estimate of drug-likeness (QED) is 0.414. The van der Waals surface area contributed by atoms with E-state index >= 15 is 0 Å². The van der Waals surface area contributed by atoms with Gasteiger partial charge in [0.05, 0.1) is 29.6 Å². The van der Waals surface area contributed by atoms with Crippen LogP contribution >= 0.6 is 0 Å². The number of ether oxygens (including phenoxy) is 4. The fourth-order valence-corrected chi connectivity index (χ4v) is 11.6. The van der Waals surface area contributed by atoms with Crippen LogP contribution in [0.5, 0.6) is 0 Å². The van der Waals surface area contributed by atoms with Crippen LogP contribution in [0.25, 0.3) is 0 Å². The van der Waals surface area contributed by atoms with E-state index in [0.717, 1.165) is 0 Å². The van der Waals surface area contributed by atoms with Gasteiger partial charge in [0, 0.05) is 76.3 Å². The summed E-state index contributed by atoms with van der Waals surface area (Å²) >= 11 is 0. The van der Waals surface area contributed by atoms with E-state index in [2.05, 4.69) is 17.1 Å². The molecule has 12 atom stereocenters. The Morgan fingerprint density at radius 1 is 1.07 bits per heavy atom. The highest BCUT2D eigenvalue weighted by Gasteiger charge is 2.89. The normalized spacial score (nSPS) is 48.2. The van der Waals surface area contributed by atoms with Gasteiger partial charge in [-0.3, -0.25) is 9.69 Å². The summed E-state index contributed by atoms with van der Waals surface area (Å²) in [7, 11) is 5.05. The number of para-hydroxylation sites is 1. The van der Waals surface area contributed by atoms with E-state index in [0.29, 0.717) is 56.4 Å². The monoisotopic (exact) mass is 584 g/mol. The van der Waals surface area contributed by atoms with Crippen molar-refractivity contribution < 1.29 is 38.7 Å². The topological polar surface area (TPSA) is 127 Å². The maximum absolute atomic E-state index is 14.0. The molecule has 5 unspecified atom stereocenters. The number of piperidine rings is 1. The molecular formula is C32H44N2O8. The number of rotatable bonds is 7. The molecule has 1 saturated heterocycles. The number of aliphatic hydroxyl groups is 2. The molecule has 1 heterocycles. The lowest BCUT2D eigenvalue weighted by molar-refractivity contribution is -0.337. The Bertz CT molecular complexity index is 1290. The predicted molar refractivity (Wildman–Crippen MR) is 152 cm³/mol. The molecule has 5 aliphatic carbocycles. The molecule has 1 aliphatic heterocycles. The molecule has 7 bridgehead atoms. The van der Waals surface area contributed by atoms with Gasteiger partial charge in [-0.05, 0) is 44.4 Å². The van der Waals surface area contributed by atoms with E-state index in [9.17, 15) is 19.8 Å². The Morgan fingerprint density at radius 3 is 2.50 bits per heavy atom. The second-order valence-electron chi connectivity index (χ2n) is 13.7. The standard InChI is InChI=1S/C32H44N2O8/c1-6-34-16-29(42-28(36)18-9-7-8-10-21(18)33-17(2)35)12-11-25(40-4)31-23(29)14-20(26(31)34)30(37)15-22(39-3)19-13-24(31)32(30,38)27(19)41-5/h7-10,19-20,22-27,37-38H,6,11-16H2,1-5H3,(H,33,35)/t19-,20+,22?,23?,24?,25?,26-,27+,29-,30+,31+,32?/m1/s1. The van der Waals surface area contributed by atoms with Crippen molar-refractivity contribution in [3.63, 3.8) is 0 Å². The highest BCUT2D eigenvalue weighted by Crippen LogP contribution is 2.79. The number of esters is 1. The number of anilines is 1. The molecule has 7 rings (SSSR count). The van der Waals surface area contributed by atoms with Gasteiger partial charge in [0.25, 0.3) is 0 Å². The van der Waals surface area contributed by atoms with Gasteiger partial charge in [0.1, 0.15) is 16.8 Å². The molecule has 1 aromatic carbocycles. The van der Waals surface area contributed by atoms with E-state index < -0.39 is 34.3 Å². The summed E-state index contributed by atoms with van der Waals surface area (Å²) < 4.78 is 25.1. The molecule has 0 radical (unpaired) electrons. The van der Waals surface area contributed by atoms with Crippen molar-refractivity contribution in [3.8, 4) is 0 Å². The second-order valence-corrected chi connectivity index (χ2v) is 13.7. The number of carbonyl (C=O) groups is 2. The van der Waals surface area contributed by atoms with Crippen molar-refractivity contribution in [1.29, 1.82) is 0 Å². The molecule has 6 aliphatic rings. The molecule has 10 heteroatoms. The molecule has 1 spiro atoms. The van der Waals surface area contributed by atoms with Crippen LogP contribution in [0.1, 0.15) is 56.3 Å². The van der Waals surface area contributed by atoms with Crippen LogP contribution < -0.4 is 5.32 Å². The van der Waals surface area contributed by atoms with Crippen LogP contribution in [0.4, 0.5) is 5.69 Å². The maximum Gasteiger partial charge on any atom is 0.340 e. The van der Waals surface area contributed by atoms with E-state index in [1.54, 1.807) is 45.6 Å². The molecule has 230 valence electrons. The van der Waals surface area contributed by atoms with Crippen molar-refractivity contribution in [2.24, 2.45) is 29.1 Å². The minimum Gasteiger partial charge on any atom is -0.454 e. The van der Waals surface area contributed by atoms with Crippen LogP contribution in [0.3, 0.4) is 0 Å². The number of nitrogens with one attached hydrogen (secondary N) is 1. The number of amides is 1. The van der Waals surface area contributed by atoms with E-state index in [1.165, 1.54) is 6.92 Å². The number of hydrogen-bond donors (Lipinski definition) is 3. The smallest absolute Gasteiger partial charge is 0.340 e. The molecule has 0 aromatic heterocycles. The van der Waals surface area contributed by atoms with Gasteiger partial charge in [-0.2, -0.15) is 0 Å². The van der Waals surface area contributed by atoms with Gasteiger partial charge in [0.15, 0.2) is 0 Å². The third-order valence-electron chi connectivity index (χ3n) is 12.6. The lowest BCUT2D eigenvalue weighted by atomic mass is 9.44. The van der Waals surface area contributed by atoms with Crippen molar-refractivity contribution in [2.75, 3.05) is 39.7 Å². The summed E-state index contributed by atoms with van der Waals surface area (Å²) in [5, 5.41) is 28.4. The van der Waals surface area contributed by atoms with Gasteiger partial charge in [-0.15, -0.1) is 0 Å². The molecule has 5 saturated carbocycles. The van der Waals surface area contributed by atoms with Crippen LogP contribution in [-0.4, -0.2) is 103 Å². The number of carbonyl (C=O) groups excluding carboxylic acids is 2. The Kier molecular flexibility index (Phi) is 6.46. The van der Waals surface area contributed by atoms with Crippen molar-refractivity contribution >= 4 is 17.6 Å². The van der Waals surface area contributed by atoms with E-state index in [1.807, 2.05) is 0 Å². The first kappa shape index (κ1) is 28.7. The molecule has 3 N–H and O–H groups in total. The van der Waals surface area contributed by atoms with Crippen LogP contribution in [0.15, 0.2) is 24.3 Å². The average Bonchev–Trinajstić information content (AvgIpc) is 3.39. The second kappa shape index (κ2) is 9.46.